The molecule has 1 aliphatic rings. The van der Waals surface area contributed by atoms with Crippen molar-refractivity contribution in [3.63, 3.8) is 0 Å². The summed E-state index contributed by atoms with van der Waals surface area (Å²) in [5.74, 6) is 0. The molecule has 2 aromatic rings. The summed E-state index contributed by atoms with van der Waals surface area (Å²) in [6, 6.07) is 9.60. The molecule has 22 heavy (non-hydrogen) atoms. The molecule has 1 aromatic heterocycles. The summed E-state index contributed by atoms with van der Waals surface area (Å²) in [4.78, 5) is 0. The third kappa shape index (κ3) is 2.71. The first kappa shape index (κ1) is 15.3. The van der Waals surface area contributed by atoms with Crippen LogP contribution in [0.25, 0.3) is 6.08 Å². The maximum atomic E-state index is 11.4. The van der Waals surface area contributed by atoms with Crippen LogP contribution in [0.2, 0.25) is 5.02 Å². The first-order chi connectivity index (χ1) is 10.4. The number of halogens is 1. The summed E-state index contributed by atoms with van der Waals surface area (Å²) in [7, 11) is 0. The number of aliphatic hydroxyl groups is 1. The van der Waals surface area contributed by atoms with Crippen LogP contribution in [-0.4, -0.2) is 20.5 Å². The van der Waals surface area contributed by atoms with E-state index < -0.39 is 5.60 Å². The van der Waals surface area contributed by atoms with Crippen molar-refractivity contribution in [2.75, 3.05) is 0 Å². The fourth-order valence-electron chi connectivity index (χ4n) is 3.19. The molecule has 0 bridgehead atoms. The predicted molar refractivity (Wildman–Crippen MR) is 89.6 cm³/mol. The molecule has 0 aliphatic heterocycles. The van der Waals surface area contributed by atoms with Gasteiger partial charge in [0.1, 0.15) is 5.60 Å². The Hall–Kier alpha value is -1.58. The maximum absolute atomic E-state index is 11.4. The van der Waals surface area contributed by atoms with Gasteiger partial charge in [0.25, 0.3) is 0 Å². The highest BCUT2D eigenvalue weighted by molar-refractivity contribution is 6.30. The number of nitrogens with zero attached hydrogens (tertiary/aromatic N) is 2. The van der Waals surface area contributed by atoms with Gasteiger partial charge in [0.05, 0.1) is 6.54 Å². The Bertz CT molecular complexity index is 674. The van der Waals surface area contributed by atoms with Crippen LogP contribution in [0.4, 0.5) is 0 Å². The molecule has 1 saturated carbocycles. The lowest BCUT2D eigenvalue weighted by atomic mass is 9.76. The predicted octanol–water partition coefficient (Wildman–Crippen LogP) is 4.17. The lowest BCUT2D eigenvalue weighted by Crippen LogP contribution is -2.45. The van der Waals surface area contributed by atoms with E-state index in [0.717, 1.165) is 29.0 Å². The largest absolute Gasteiger partial charge is 0.383 e. The van der Waals surface area contributed by atoms with Crippen molar-refractivity contribution in [3.8, 4) is 0 Å². The molecule has 1 N–H and O–H groups in total. The summed E-state index contributed by atoms with van der Waals surface area (Å²) >= 11 is 5.94. The Morgan fingerprint density at radius 1 is 1.32 bits per heavy atom. The molecular formula is C18H21ClN2O. The molecule has 0 radical (unpaired) electrons. The Labute approximate surface area is 136 Å². The second-order valence-electron chi connectivity index (χ2n) is 6.67. The van der Waals surface area contributed by atoms with Crippen molar-refractivity contribution in [1.82, 2.24) is 9.78 Å². The van der Waals surface area contributed by atoms with Gasteiger partial charge in [-0.25, -0.2) is 0 Å². The Morgan fingerprint density at radius 3 is 2.68 bits per heavy atom. The van der Waals surface area contributed by atoms with Crippen LogP contribution in [0.5, 0.6) is 0 Å². The molecule has 4 heteroatoms. The lowest BCUT2D eigenvalue weighted by Gasteiger charge is -2.37. The Kier molecular flexibility index (Phi) is 3.87. The van der Waals surface area contributed by atoms with E-state index in [1.165, 1.54) is 0 Å². The molecule has 0 amide bonds. The zero-order chi connectivity index (χ0) is 15.8. The highest BCUT2D eigenvalue weighted by atomic mass is 35.5. The van der Waals surface area contributed by atoms with Gasteiger partial charge in [-0.05, 0) is 47.6 Å². The van der Waals surface area contributed by atoms with E-state index in [1.807, 2.05) is 41.2 Å². The zero-order valence-electron chi connectivity index (χ0n) is 13.0. The molecule has 1 unspecified atom stereocenters. The summed E-state index contributed by atoms with van der Waals surface area (Å²) < 4.78 is 1.81. The van der Waals surface area contributed by atoms with E-state index in [9.17, 15) is 5.11 Å². The summed E-state index contributed by atoms with van der Waals surface area (Å²) in [5.41, 5.74) is 1.06. The van der Waals surface area contributed by atoms with E-state index in [1.54, 1.807) is 6.20 Å². The van der Waals surface area contributed by atoms with Crippen molar-refractivity contribution in [2.45, 2.75) is 38.8 Å². The first-order valence-corrected chi connectivity index (χ1v) is 7.95. The monoisotopic (exact) mass is 316 g/mol. The maximum Gasteiger partial charge on any atom is 0.111 e. The van der Waals surface area contributed by atoms with Crippen LogP contribution in [0.15, 0.2) is 48.3 Å². The zero-order valence-corrected chi connectivity index (χ0v) is 13.7. The molecule has 0 spiro atoms. The highest BCUT2D eigenvalue weighted by Crippen LogP contribution is 2.50. The van der Waals surface area contributed by atoms with Crippen LogP contribution < -0.4 is 0 Å². The van der Waals surface area contributed by atoms with Gasteiger partial charge in [0.15, 0.2) is 0 Å². The van der Waals surface area contributed by atoms with Gasteiger partial charge < -0.3 is 5.11 Å². The quantitative estimate of drug-likeness (QED) is 0.922. The number of rotatable bonds is 3. The van der Waals surface area contributed by atoms with Crippen molar-refractivity contribution < 1.29 is 5.11 Å². The van der Waals surface area contributed by atoms with E-state index >= 15 is 0 Å². The molecule has 1 heterocycles. The van der Waals surface area contributed by atoms with Gasteiger partial charge in [-0.3, -0.25) is 4.68 Å². The first-order valence-electron chi connectivity index (χ1n) is 7.57. The van der Waals surface area contributed by atoms with Crippen molar-refractivity contribution in [1.29, 1.82) is 0 Å². The number of aromatic nitrogens is 2. The average Bonchev–Trinajstić information content (AvgIpc) is 3.04. The normalized spacial score (nSPS) is 25.7. The van der Waals surface area contributed by atoms with E-state index in [4.69, 9.17) is 11.6 Å². The van der Waals surface area contributed by atoms with Gasteiger partial charge in [0, 0.05) is 17.4 Å². The minimum absolute atomic E-state index is 0.183. The van der Waals surface area contributed by atoms with E-state index in [2.05, 4.69) is 25.0 Å². The minimum Gasteiger partial charge on any atom is -0.383 e. The fraction of sp³-hybridized carbons (Fsp3) is 0.389. The van der Waals surface area contributed by atoms with Crippen molar-refractivity contribution >= 4 is 17.7 Å². The Morgan fingerprint density at radius 2 is 2.05 bits per heavy atom. The van der Waals surface area contributed by atoms with Gasteiger partial charge in [-0.1, -0.05) is 43.7 Å². The second-order valence-corrected chi connectivity index (χ2v) is 7.11. The van der Waals surface area contributed by atoms with E-state index in [-0.39, 0.29) is 5.41 Å². The molecule has 0 saturated heterocycles. The molecule has 3 nitrogen and oxygen atoms in total. The highest BCUT2D eigenvalue weighted by Gasteiger charge is 2.51. The third-order valence-corrected chi connectivity index (χ3v) is 5.08. The lowest BCUT2D eigenvalue weighted by molar-refractivity contribution is -0.0297. The van der Waals surface area contributed by atoms with Gasteiger partial charge in [0.2, 0.25) is 0 Å². The van der Waals surface area contributed by atoms with Crippen LogP contribution in [-0.2, 0) is 6.54 Å². The molecule has 3 rings (SSSR count). The number of hydrogen-bond acceptors (Lipinski definition) is 2. The Balaban J connectivity index is 1.97. The molecule has 116 valence electrons. The smallest absolute Gasteiger partial charge is 0.111 e. The van der Waals surface area contributed by atoms with Gasteiger partial charge >= 0.3 is 0 Å². The standard InChI is InChI=1S/C18H21ClN2O/c1-17(2)9-8-15(12-14-4-6-16(19)7-5-14)18(17,22)13-21-11-3-10-20-21/h3-7,10-12,22H,8-9,13H2,1-2H3. The van der Waals surface area contributed by atoms with Crippen molar-refractivity contribution in [2.24, 2.45) is 5.41 Å². The summed E-state index contributed by atoms with van der Waals surface area (Å²) in [5, 5.41) is 16.4. The summed E-state index contributed by atoms with van der Waals surface area (Å²) in [6.07, 6.45) is 7.59. The number of hydrogen-bond donors (Lipinski definition) is 1. The van der Waals surface area contributed by atoms with Gasteiger partial charge in [-0.2, -0.15) is 5.10 Å². The fourth-order valence-corrected chi connectivity index (χ4v) is 3.32. The average molecular weight is 317 g/mol. The molecule has 1 aliphatic carbocycles. The van der Waals surface area contributed by atoms with Crippen molar-refractivity contribution in [3.05, 3.63) is 58.9 Å². The minimum atomic E-state index is -0.890. The number of benzene rings is 1. The molecule has 1 aromatic carbocycles. The summed E-state index contributed by atoms with van der Waals surface area (Å²) in [6.45, 7) is 4.73. The van der Waals surface area contributed by atoms with Crippen LogP contribution in [0.3, 0.4) is 0 Å². The molecular weight excluding hydrogens is 296 g/mol. The molecule has 1 atom stereocenters. The SMILES string of the molecule is CC1(C)CCC(=Cc2ccc(Cl)cc2)C1(O)Cn1cccn1. The van der Waals surface area contributed by atoms with Gasteiger partial charge in [-0.15, -0.1) is 0 Å². The molecule has 1 fully saturated rings. The van der Waals surface area contributed by atoms with Crippen LogP contribution in [0, 0.1) is 5.41 Å². The topological polar surface area (TPSA) is 38.0 Å². The van der Waals surface area contributed by atoms with Crippen LogP contribution >= 0.6 is 11.6 Å². The van der Waals surface area contributed by atoms with Crippen LogP contribution in [0.1, 0.15) is 32.3 Å². The second kappa shape index (κ2) is 5.56. The third-order valence-electron chi connectivity index (χ3n) is 4.83. The van der Waals surface area contributed by atoms with E-state index in [0.29, 0.717) is 6.54 Å².